The highest BCUT2D eigenvalue weighted by Crippen LogP contribution is 2.42. The van der Waals surface area contributed by atoms with Crippen LogP contribution in [0, 0.1) is 23.7 Å². The van der Waals surface area contributed by atoms with E-state index in [0.29, 0.717) is 0 Å². The number of hydrogen-bond donors (Lipinski definition) is 0. The Hall–Kier alpha value is -1.05. The van der Waals surface area contributed by atoms with E-state index in [2.05, 4.69) is 31.0 Å². The molecule has 2 nitrogen and oxygen atoms in total. The summed E-state index contributed by atoms with van der Waals surface area (Å²) in [7, 11) is 0. The predicted molar refractivity (Wildman–Crippen MR) is 128 cm³/mol. The third-order valence-electron chi connectivity index (χ3n) is 7.99. The number of aromatic nitrogens is 1. The van der Waals surface area contributed by atoms with Crippen molar-refractivity contribution in [1.82, 2.24) is 4.98 Å². The van der Waals surface area contributed by atoms with Crippen LogP contribution < -0.4 is 4.74 Å². The molecule has 0 bridgehead atoms. The molecule has 0 radical (unpaired) electrons. The highest BCUT2D eigenvalue weighted by atomic mass is 16.5. The summed E-state index contributed by atoms with van der Waals surface area (Å²) in [5, 5.41) is 0. The van der Waals surface area contributed by atoms with Crippen LogP contribution in [0.3, 0.4) is 0 Å². The summed E-state index contributed by atoms with van der Waals surface area (Å²) in [6.07, 6.45) is 24.3. The molecule has 0 unspecified atom stereocenters. The van der Waals surface area contributed by atoms with E-state index in [1.807, 2.05) is 6.20 Å². The summed E-state index contributed by atoms with van der Waals surface area (Å²) < 4.78 is 6.11. The molecule has 2 aliphatic rings. The van der Waals surface area contributed by atoms with Crippen LogP contribution in [0.2, 0.25) is 0 Å². The van der Waals surface area contributed by atoms with Crippen LogP contribution in [0.25, 0.3) is 0 Å². The third-order valence-corrected chi connectivity index (χ3v) is 7.99. The number of hydrogen-bond acceptors (Lipinski definition) is 2. The lowest BCUT2D eigenvalue weighted by Gasteiger charge is -2.38. The molecule has 1 heterocycles. The van der Waals surface area contributed by atoms with Gasteiger partial charge in [-0.25, -0.2) is 0 Å². The molecule has 0 amide bonds. The molecule has 0 aromatic carbocycles. The second-order valence-corrected chi connectivity index (χ2v) is 10.3. The van der Waals surface area contributed by atoms with E-state index >= 15 is 0 Å². The second-order valence-electron chi connectivity index (χ2n) is 10.3. The minimum Gasteiger partial charge on any atom is -0.492 e. The molecule has 0 atom stereocenters. The zero-order valence-corrected chi connectivity index (χ0v) is 19.9. The van der Waals surface area contributed by atoms with Gasteiger partial charge in [0.1, 0.15) is 5.75 Å². The van der Waals surface area contributed by atoms with Crippen molar-refractivity contribution in [2.45, 2.75) is 117 Å². The molecular formula is C28H47NO. The van der Waals surface area contributed by atoms with Crippen molar-refractivity contribution < 1.29 is 4.74 Å². The molecule has 0 N–H and O–H groups in total. The molecule has 0 aliphatic heterocycles. The monoisotopic (exact) mass is 413 g/mol. The van der Waals surface area contributed by atoms with Crippen molar-refractivity contribution >= 4 is 0 Å². The van der Waals surface area contributed by atoms with Gasteiger partial charge in [0.05, 0.1) is 12.8 Å². The highest BCUT2D eigenvalue weighted by molar-refractivity contribution is 5.20. The minimum atomic E-state index is 0.746. The molecule has 170 valence electrons. The van der Waals surface area contributed by atoms with Gasteiger partial charge in [0, 0.05) is 5.69 Å². The molecule has 3 rings (SSSR count). The van der Waals surface area contributed by atoms with Gasteiger partial charge < -0.3 is 4.74 Å². The standard InChI is InChI=1S/C28H47NO/c1-3-5-7-9-23-11-15-25(16-12-23)26-17-13-24(14-18-26)22-30-28-20-19-27(29-21-28)10-8-6-4-2/h19-21,23-26H,3-18,22H2,1-2H3. The Balaban J connectivity index is 1.29. The van der Waals surface area contributed by atoms with Gasteiger partial charge in [0.2, 0.25) is 0 Å². The Morgan fingerprint density at radius 2 is 1.40 bits per heavy atom. The molecule has 2 saturated carbocycles. The molecule has 0 spiro atoms. The van der Waals surface area contributed by atoms with E-state index in [9.17, 15) is 0 Å². The minimum absolute atomic E-state index is 0.746. The molecule has 2 fully saturated rings. The highest BCUT2D eigenvalue weighted by Gasteiger charge is 2.30. The van der Waals surface area contributed by atoms with Crippen molar-refractivity contribution in [1.29, 1.82) is 0 Å². The van der Waals surface area contributed by atoms with Gasteiger partial charge in [-0.3, -0.25) is 4.98 Å². The largest absolute Gasteiger partial charge is 0.492 e. The normalized spacial score (nSPS) is 27.1. The topological polar surface area (TPSA) is 22.1 Å². The fraction of sp³-hybridized carbons (Fsp3) is 0.821. The van der Waals surface area contributed by atoms with Gasteiger partial charge in [-0.05, 0) is 87.2 Å². The molecule has 0 saturated heterocycles. The van der Waals surface area contributed by atoms with E-state index in [-0.39, 0.29) is 0 Å². The SMILES string of the molecule is CCCCCc1ccc(OCC2CCC(C3CCC(CCCCC)CC3)CC2)cn1. The Morgan fingerprint density at radius 1 is 0.767 bits per heavy atom. The van der Waals surface area contributed by atoms with E-state index < -0.39 is 0 Å². The molecule has 1 aromatic heterocycles. The quantitative estimate of drug-likeness (QED) is 0.321. The summed E-state index contributed by atoms with van der Waals surface area (Å²) >= 11 is 0. The maximum Gasteiger partial charge on any atom is 0.137 e. The van der Waals surface area contributed by atoms with Gasteiger partial charge in [-0.1, -0.05) is 65.2 Å². The molecular weight excluding hydrogens is 366 g/mol. The van der Waals surface area contributed by atoms with Crippen LogP contribution in [0.15, 0.2) is 18.3 Å². The number of pyridine rings is 1. The molecule has 30 heavy (non-hydrogen) atoms. The Morgan fingerprint density at radius 3 is 2.00 bits per heavy atom. The molecule has 2 heteroatoms. The zero-order valence-electron chi connectivity index (χ0n) is 19.9. The first-order chi connectivity index (χ1) is 14.8. The van der Waals surface area contributed by atoms with Crippen molar-refractivity contribution in [3.63, 3.8) is 0 Å². The van der Waals surface area contributed by atoms with Crippen LogP contribution in [0.4, 0.5) is 0 Å². The molecule has 2 aliphatic carbocycles. The van der Waals surface area contributed by atoms with Gasteiger partial charge in [-0.15, -0.1) is 0 Å². The fourth-order valence-electron chi connectivity index (χ4n) is 5.87. The first-order valence-corrected chi connectivity index (χ1v) is 13.4. The summed E-state index contributed by atoms with van der Waals surface area (Å²) in [5.74, 6) is 4.78. The maximum atomic E-state index is 6.11. The van der Waals surface area contributed by atoms with Crippen molar-refractivity contribution in [3.05, 3.63) is 24.0 Å². The maximum absolute atomic E-state index is 6.11. The van der Waals surface area contributed by atoms with Crippen LogP contribution in [0.5, 0.6) is 5.75 Å². The van der Waals surface area contributed by atoms with Crippen LogP contribution in [0.1, 0.15) is 116 Å². The van der Waals surface area contributed by atoms with E-state index in [1.165, 1.54) is 102 Å². The fourth-order valence-corrected chi connectivity index (χ4v) is 5.87. The van der Waals surface area contributed by atoms with Gasteiger partial charge >= 0.3 is 0 Å². The Labute approximate surface area is 186 Å². The van der Waals surface area contributed by atoms with E-state index in [1.54, 1.807) is 0 Å². The summed E-state index contributed by atoms with van der Waals surface area (Å²) in [6, 6.07) is 4.28. The first kappa shape index (κ1) is 23.6. The lowest BCUT2D eigenvalue weighted by molar-refractivity contribution is 0.121. The number of nitrogens with zero attached hydrogens (tertiary/aromatic N) is 1. The summed E-state index contributed by atoms with van der Waals surface area (Å²) in [5.41, 5.74) is 1.20. The summed E-state index contributed by atoms with van der Waals surface area (Å²) in [6.45, 7) is 5.45. The van der Waals surface area contributed by atoms with E-state index in [4.69, 9.17) is 4.74 Å². The smallest absolute Gasteiger partial charge is 0.137 e. The van der Waals surface area contributed by atoms with Gasteiger partial charge in [0.15, 0.2) is 0 Å². The van der Waals surface area contributed by atoms with E-state index in [0.717, 1.165) is 42.4 Å². The van der Waals surface area contributed by atoms with Gasteiger partial charge in [0.25, 0.3) is 0 Å². The summed E-state index contributed by atoms with van der Waals surface area (Å²) in [4.78, 5) is 4.59. The number of rotatable bonds is 12. The average Bonchev–Trinajstić information content (AvgIpc) is 2.80. The Kier molecular flexibility index (Phi) is 10.5. The average molecular weight is 414 g/mol. The lowest BCUT2D eigenvalue weighted by atomic mass is 9.69. The molecule has 1 aromatic rings. The number of aryl methyl sites for hydroxylation is 1. The van der Waals surface area contributed by atoms with Crippen LogP contribution in [-0.4, -0.2) is 11.6 Å². The zero-order chi connectivity index (χ0) is 21.0. The number of ether oxygens (including phenoxy) is 1. The number of unbranched alkanes of at least 4 members (excludes halogenated alkanes) is 4. The van der Waals surface area contributed by atoms with Crippen LogP contribution in [-0.2, 0) is 6.42 Å². The van der Waals surface area contributed by atoms with Crippen molar-refractivity contribution in [2.75, 3.05) is 6.61 Å². The third kappa shape index (κ3) is 7.89. The Bertz CT molecular complexity index is 553. The lowest BCUT2D eigenvalue weighted by Crippen LogP contribution is -2.27. The van der Waals surface area contributed by atoms with Crippen LogP contribution >= 0.6 is 0 Å². The predicted octanol–water partition coefficient (Wildman–Crippen LogP) is 8.39. The second kappa shape index (κ2) is 13.4. The van der Waals surface area contributed by atoms with Crippen molar-refractivity contribution in [3.8, 4) is 5.75 Å². The first-order valence-electron chi connectivity index (χ1n) is 13.4. The van der Waals surface area contributed by atoms with Gasteiger partial charge in [-0.2, -0.15) is 0 Å². The van der Waals surface area contributed by atoms with Crippen molar-refractivity contribution in [2.24, 2.45) is 23.7 Å².